The number of nitro groups is 1. The lowest BCUT2D eigenvalue weighted by Gasteiger charge is -2.13. The van der Waals surface area contributed by atoms with Crippen molar-refractivity contribution >= 4 is 11.5 Å². The zero-order valence-corrected chi connectivity index (χ0v) is 11.9. The van der Waals surface area contributed by atoms with Crippen LogP contribution >= 0.6 is 0 Å². The second kappa shape index (κ2) is 4.59. The maximum Gasteiger partial charge on any atom is 0.334 e. The molecule has 0 fully saturated rings. The summed E-state index contributed by atoms with van der Waals surface area (Å²) in [5, 5.41) is 15.6. The van der Waals surface area contributed by atoms with Gasteiger partial charge >= 0.3 is 5.69 Å². The summed E-state index contributed by atoms with van der Waals surface area (Å²) in [6, 6.07) is 3.61. The smallest absolute Gasteiger partial charge is 0.334 e. The van der Waals surface area contributed by atoms with Crippen LogP contribution in [-0.4, -0.2) is 19.7 Å². The van der Waals surface area contributed by atoms with E-state index in [9.17, 15) is 10.1 Å². The van der Waals surface area contributed by atoms with Crippen molar-refractivity contribution in [3.63, 3.8) is 0 Å². The largest absolute Gasteiger partial charge is 0.378 e. The SMILES string of the molecule is Cc1ccnc(-n2nc(C(C)(C)C)c([N+](=O)[O-])c2N)c1. The summed E-state index contributed by atoms with van der Waals surface area (Å²) in [6.45, 7) is 7.48. The van der Waals surface area contributed by atoms with Gasteiger partial charge in [-0.3, -0.25) is 10.1 Å². The molecule has 2 heterocycles. The van der Waals surface area contributed by atoms with E-state index in [1.165, 1.54) is 4.68 Å². The Balaban J connectivity index is 2.71. The molecule has 0 amide bonds. The highest BCUT2D eigenvalue weighted by Gasteiger charge is 2.34. The van der Waals surface area contributed by atoms with Crippen LogP contribution in [0.3, 0.4) is 0 Å². The number of aromatic nitrogens is 3. The molecule has 0 aliphatic carbocycles. The van der Waals surface area contributed by atoms with Gasteiger partial charge in [0.25, 0.3) is 0 Å². The van der Waals surface area contributed by atoms with Gasteiger partial charge in [-0.2, -0.15) is 9.78 Å². The van der Waals surface area contributed by atoms with E-state index in [-0.39, 0.29) is 11.5 Å². The van der Waals surface area contributed by atoms with E-state index >= 15 is 0 Å². The third kappa shape index (κ3) is 2.34. The molecule has 2 aromatic rings. The maximum absolute atomic E-state index is 11.3. The van der Waals surface area contributed by atoms with Crippen molar-refractivity contribution in [1.82, 2.24) is 14.8 Å². The Kier molecular flexibility index (Phi) is 3.21. The lowest BCUT2D eigenvalue weighted by Crippen LogP contribution is -2.14. The average Bonchev–Trinajstić information content (AvgIpc) is 2.66. The lowest BCUT2D eigenvalue weighted by molar-refractivity contribution is -0.385. The zero-order valence-electron chi connectivity index (χ0n) is 11.9. The van der Waals surface area contributed by atoms with E-state index in [1.807, 2.05) is 33.8 Å². The highest BCUT2D eigenvalue weighted by atomic mass is 16.6. The number of pyridine rings is 1. The van der Waals surface area contributed by atoms with Gasteiger partial charge in [-0.05, 0) is 24.6 Å². The number of nitrogens with two attached hydrogens (primary N) is 1. The third-order valence-electron chi connectivity index (χ3n) is 2.91. The second-order valence-electron chi connectivity index (χ2n) is 5.69. The molecule has 7 nitrogen and oxygen atoms in total. The van der Waals surface area contributed by atoms with Crippen molar-refractivity contribution in [1.29, 1.82) is 0 Å². The lowest BCUT2D eigenvalue weighted by atomic mass is 9.91. The molecule has 0 atom stereocenters. The van der Waals surface area contributed by atoms with Gasteiger partial charge in [-0.15, -0.1) is 0 Å². The Labute approximate surface area is 116 Å². The van der Waals surface area contributed by atoms with E-state index in [4.69, 9.17) is 5.73 Å². The van der Waals surface area contributed by atoms with Crippen LogP contribution in [0.5, 0.6) is 0 Å². The summed E-state index contributed by atoms with van der Waals surface area (Å²) in [5.41, 5.74) is 6.60. The Morgan fingerprint density at radius 1 is 1.40 bits per heavy atom. The first-order valence-corrected chi connectivity index (χ1v) is 6.18. The van der Waals surface area contributed by atoms with Crippen LogP contribution in [0.1, 0.15) is 32.0 Å². The van der Waals surface area contributed by atoms with Crippen LogP contribution in [0.2, 0.25) is 0 Å². The highest BCUT2D eigenvalue weighted by molar-refractivity contribution is 5.61. The van der Waals surface area contributed by atoms with Gasteiger partial charge < -0.3 is 5.73 Å². The average molecular weight is 275 g/mol. The molecule has 0 radical (unpaired) electrons. The minimum atomic E-state index is -0.491. The molecular formula is C13H17N5O2. The quantitative estimate of drug-likeness (QED) is 0.669. The van der Waals surface area contributed by atoms with Gasteiger partial charge in [-0.25, -0.2) is 4.98 Å². The molecule has 2 aromatic heterocycles. The molecule has 0 aliphatic rings. The predicted molar refractivity (Wildman–Crippen MR) is 75.9 cm³/mol. The Morgan fingerprint density at radius 3 is 2.50 bits per heavy atom. The molecular weight excluding hydrogens is 258 g/mol. The van der Waals surface area contributed by atoms with Crippen molar-refractivity contribution in [2.75, 3.05) is 5.73 Å². The van der Waals surface area contributed by atoms with Crippen LogP contribution in [0, 0.1) is 17.0 Å². The number of anilines is 1. The number of nitrogens with zero attached hydrogens (tertiary/aromatic N) is 4. The van der Waals surface area contributed by atoms with Gasteiger partial charge in [0, 0.05) is 11.6 Å². The van der Waals surface area contributed by atoms with E-state index in [0.29, 0.717) is 11.5 Å². The van der Waals surface area contributed by atoms with Gasteiger partial charge in [-0.1, -0.05) is 20.8 Å². The zero-order chi connectivity index (χ0) is 15.1. The van der Waals surface area contributed by atoms with Crippen LogP contribution < -0.4 is 5.73 Å². The molecule has 0 unspecified atom stereocenters. The van der Waals surface area contributed by atoms with Crippen LogP contribution in [-0.2, 0) is 5.41 Å². The van der Waals surface area contributed by atoms with Crippen molar-refractivity contribution < 1.29 is 4.92 Å². The Bertz CT molecular complexity index is 670. The van der Waals surface area contributed by atoms with Crippen molar-refractivity contribution in [2.24, 2.45) is 0 Å². The molecule has 0 spiro atoms. The molecule has 0 bridgehead atoms. The number of hydrogen-bond donors (Lipinski definition) is 1. The topological polar surface area (TPSA) is 99.9 Å². The van der Waals surface area contributed by atoms with Gasteiger partial charge in [0.2, 0.25) is 5.82 Å². The molecule has 106 valence electrons. The molecule has 0 aromatic carbocycles. The first-order valence-electron chi connectivity index (χ1n) is 6.18. The highest BCUT2D eigenvalue weighted by Crippen LogP contribution is 2.35. The number of aryl methyl sites for hydroxylation is 1. The van der Waals surface area contributed by atoms with E-state index < -0.39 is 10.3 Å². The minimum Gasteiger partial charge on any atom is -0.378 e. The molecule has 0 saturated heterocycles. The summed E-state index contributed by atoms with van der Waals surface area (Å²) < 4.78 is 1.33. The first-order chi connectivity index (χ1) is 9.21. The van der Waals surface area contributed by atoms with Gasteiger partial charge in [0.15, 0.2) is 5.82 Å². The number of rotatable bonds is 2. The molecule has 2 rings (SSSR count). The summed E-state index contributed by atoms with van der Waals surface area (Å²) in [5.74, 6) is 0.471. The number of hydrogen-bond acceptors (Lipinski definition) is 5. The molecule has 0 aliphatic heterocycles. The molecule has 7 heteroatoms. The molecule has 20 heavy (non-hydrogen) atoms. The van der Waals surface area contributed by atoms with Crippen molar-refractivity contribution in [3.05, 3.63) is 39.7 Å². The monoisotopic (exact) mass is 275 g/mol. The fraction of sp³-hybridized carbons (Fsp3) is 0.385. The fourth-order valence-corrected chi connectivity index (χ4v) is 1.92. The Hall–Kier alpha value is -2.44. The predicted octanol–water partition coefficient (Wildman–Crippen LogP) is 2.36. The van der Waals surface area contributed by atoms with Crippen molar-refractivity contribution in [3.8, 4) is 5.82 Å². The van der Waals surface area contributed by atoms with Crippen LogP contribution in [0.25, 0.3) is 5.82 Å². The fourth-order valence-electron chi connectivity index (χ4n) is 1.92. The van der Waals surface area contributed by atoms with Crippen molar-refractivity contribution in [2.45, 2.75) is 33.1 Å². The Morgan fingerprint density at radius 2 is 2.05 bits per heavy atom. The molecule has 0 saturated carbocycles. The summed E-state index contributed by atoms with van der Waals surface area (Å²) in [4.78, 5) is 14.9. The second-order valence-corrected chi connectivity index (χ2v) is 5.69. The number of nitrogen functional groups attached to an aromatic ring is 1. The van der Waals surface area contributed by atoms with E-state index in [0.717, 1.165) is 5.56 Å². The normalized spacial score (nSPS) is 11.6. The minimum absolute atomic E-state index is 0.00183. The van der Waals surface area contributed by atoms with Crippen LogP contribution in [0.15, 0.2) is 18.3 Å². The summed E-state index contributed by atoms with van der Waals surface area (Å²) in [7, 11) is 0. The standard InChI is InChI=1S/C13H17N5O2/c1-8-5-6-15-9(7-8)17-12(14)10(18(19)20)11(16-17)13(2,3)4/h5-7H,14H2,1-4H3. The van der Waals surface area contributed by atoms with Gasteiger partial charge in [0.1, 0.15) is 5.69 Å². The van der Waals surface area contributed by atoms with E-state index in [2.05, 4.69) is 10.1 Å². The van der Waals surface area contributed by atoms with Gasteiger partial charge in [0.05, 0.1) is 4.92 Å². The third-order valence-corrected chi connectivity index (χ3v) is 2.91. The van der Waals surface area contributed by atoms with Crippen LogP contribution in [0.4, 0.5) is 11.5 Å². The maximum atomic E-state index is 11.3. The summed E-state index contributed by atoms with van der Waals surface area (Å²) >= 11 is 0. The first kappa shape index (κ1) is 14.0. The van der Waals surface area contributed by atoms with E-state index in [1.54, 1.807) is 12.3 Å². The summed E-state index contributed by atoms with van der Waals surface area (Å²) in [6.07, 6.45) is 1.62. The molecule has 2 N–H and O–H groups in total.